The Bertz CT molecular complexity index is 342. The summed E-state index contributed by atoms with van der Waals surface area (Å²) in [4.78, 5) is 0. The van der Waals surface area contributed by atoms with E-state index >= 15 is 0 Å². The van der Waals surface area contributed by atoms with Crippen molar-refractivity contribution in [3.63, 3.8) is 0 Å². The Morgan fingerprint density at radius 2 is 1.69 bits per heavy atom. The minimum atomic E-state index is 0.168. The molecule has 0 aromatic heterocycles. The molecule has 90 valence electrons. The van der Waals surface area contributed by atoms with Crippen molar-refractivity contribution in [2.45, 2.75) is 33.8 Å². The molecule has 3 heteroatoms. The maximum absolute atomic E-state index is 6.08. The van der Waals surface area contributed by atoms with Crippen molar-refractivity contribution in [3.05, 3.63) is 23.2 Å². The van der Waals surface area contributed by atoms with Gasteiger partial charge in [-0.15, -0.1) is 0 Å². The molecule has 0 unspecified atom stereocenters. The second-order valence-electron chi connectivity index (χ2n) is 4.76. The zero-order valence-electron chi connectivity index (χ0n) is 10.3. The molecule has 0 heterocycles. The van der Waals surface area contributed by atoms with E-state index in [2.05, 4.69) is 27.7 Å². The normalized spacial score (nSPS) is 11.5. The number of benzene rings is 1. The number of hydrogen-bond acceptors (Lipinski definition) is 2. The molecule has 0 saturated carbocycles. The van der Waals surface area contributed by atoms with Gasteiger partial charge >= 0.3 is 0 Å². The van der Waals surface area contributed by atoms with E-state index in [1.165, 1.54) is 0 Å². The molecule has 2 N–H and O–H groups in total. The molecule has 0 fully saturated rings. The van der Waals surface area contributed by atoms with Gasteiger partial charge in [-0.05, 0) is 30.0 Å². The molecule has 0 atom stereocenters. The van der Waals surface area contributed by atoms with E-state index < -0.39 is 0 Å². The number of ether oxygens (including phenoxy) is 1. The van der Waals surface area contributed by atoms with Crippen molar-refractivity contribution in [2.75, 3.05) is 5.73 Å². The van der Waals surface area contributed by atoms with Gasteiger partial charge in [0, 0.05) is 5.69 Å². The molecule has 0 saturated heterocycles. The molecular weight excluding hydrogens is 222 g/mol. The average Bonchev–Trinajstić information content (AvgIpc) is 2.15. The summed E-state index contributed by atoms with van der Waals surface area (Å²) in [5.74, 6) is 1.62. The summed E-state index contributed by atoms with van der Waals surface area (Å²) in [6, 6.07) is 5.35. The summed E-state index contributed by atoms with van der Waals surface area (Å²) < 4.78 is 5.94. The summed E-state index contributed by atoms with van der Waals surface area (Å²) >= 11 is 6.08. The van der Waals surface area contributed by atoms with Gasteiger partial charge in [0.1, 0.15) is 11.9 Å². The van der Waals surface area contributed by atoms with Gasteiger partial charge in [-0.1, -0.05) is 39.3 Å². The maximum Gasteiger partial charge on any atom is 0.138 e. The summed E-state index contributed by atoms with van der Waals surface area (Å²) in [6.07, 6.45) is 0.168. The minimum absolute atomic E-state index is 0.168. The van der Waals surface area contributed by atoms with E-state index in [0.29, 0.717) is 28.3 Å². The van der Waals surface area contributed by atoms with Crippen LogP contribution in [0.25, 0.3) is 0 Å². The van der Waals surface area contributed by atoms with Gasteiger partial charge in [0.15, 0.2) is 0 Å². The Morgan fingerprint density at radius 1 is 1.12 bits per heavy atom. The van der Waals surface area contributed by atoms with Crippen LogP contribution in [0.5, 0.6) is 5.75 Å². The largest absolute Gasteiger partial charge is 0.488 e. The van der Waals surface area contributed by atoms with Crippen molar-refractivity contribution in [1.82, 2.24) is 0 Å². The SMILES string of the molecule is CC(C)C(Oc1ccc(N)cc1Cl)C(C)C. The molecule has 0 radical (unpaired) electrons. The van der Waals surface area contributed by atoms with E-state index in [9.17, 15) is 0 Å². The van der Waals surface area contributed by atoms with E-state index in [-0.39, 0.29) is 6.10 Å². The van der Waals surface area contributed by atoms with Crippen LogP contribution in [0.2, 0.25) is 5.02 Å². The van der Waals surface area contributed by atoms with Gasteiger partial charge in [0.2, 0.25) is 0 Å². The lowest BCUT2D eigenvalue weighted by atomic mass is 9.96. The third-order valence-electron chi connectivity index (χ3n) is 2.53. The molecule has 0 aliphatic rings. The second-order valence-corrected chi connectivity index (χ2v) is 5.17. The number of anilines is 1. The summed E-state index contributed by atoms with van der Waals surface area (Å²) in [5, 5.41) is 0.575. The molecule has 0 aliphatic carbocycles. The zero-order chi connectivity index (χ0) is 12.3. The first-order valence-electron chi connectivity index (χ1n) is 5.63. The Hall–Kier alpha value is -0.890. The van der Waals surface area contributed by atoms with E-state index in [1.54, 1.807) is 12.1 Å². The van der Waals surface area contributed by atoms with Crippen LogP contribution in [0.1, 0.15) is 27.7 Å². The Balaban J connectivity index is 2.85. The minimum Gasteiger partial charge on any atom is -0.488 e. The van der Waals surface area contributed by atoms with Crippen molar-refractivity contribution in [3.8, 4) is 5.75 Å². The van der Waals surface area contributed by atoms with Gasteiger partial charge in [-0.3, -0.25) is 0 Å². The fourth-order valence-electron chi connectivity index (χ4n) is 1.80. The van der Waals surface area contributed by atoms with Crippen LogP contribution in [0.15, 0.2) is 18.2 Å². The summed E-state index contributed by atoms with van der Waals surface area (Å²) in [7, 11) is 0. The van der Waals surface area contributed by atoms with Crippen molar-refractivity contribution >= 4 is 17.3 Å². The van der Waals surface area contributed by atoms with Crippen molar-refractivity contribution in [1.29, 1.82) is 0 Å². The zero-order valence-corrected chi connectivity index (χ0v) is 11.1. The number of hydrogen-bond donors (Lipinski definition) is 1. The molecule has 1 aromatic rings. The average molecular weight is 242 g/mol. The Labute approximate surface area is 103 Å². The molecule has 16 heavy (non-hydrogen) atoms. The predicted octanol–water partition coefficient (Wildman–Crippen LogP) is 3.98. The molecule has 0 aliphatic heterocycles. The summed E-state index contributed by atoms with van der Waals surface area (Å²) in [6.45, 7) is 8.59. The van der Waals surface area contributed by atoms with Gasteiger partial charge in [-0.25, -0.2) is 0 Å². The first-order chi connectivity index (χ1) is 7.41. The highest BCUT2D eigenvalue weighted by molar-refractivity contribution is 6.32. The van der Waals surface area contributed by atoms with Crippen LogP contribution in [0, 0.1) is 11.8 Å². The third kappa shape index (κ3) is 3.31. The second kappa shape index (κ2) is 5.44. The molecule has 2 nitrogen and oxygen atoms in total. The van der Waals surface area contributed by atoms with Crippen molar-refractivity contribution in [2.24, 2.45) is 11.8 Å². The van der Waals surface area contributed by atoms with Gasteiger partial charge in [-0.2, -0.15) is 0 Å². The van der Waals surface area contributed by atoms with Crippen LogP contribution in [0.3, 0.4) is 0 Å². The topological polar surface area (TPSA) is 35.2 Å². The van der Waals surface area contributed by atoms with E-state index in [1.807, 2.05) is 6.07 Å². The third-order valence-corrected chi connectivity index (χ3v) is 2.83. The van der Waals surface area contributed by atoms with E-state index in [0.717, 1.165) is 0 Å². The lowest BCUT2D eigenvalue weighted by Gasteiger charge is -2.26. The summed E-state index contributed by atoms with van der Waals surface area (Å²) in [5.41, 5.74) is 6.29. The molecule has 0 amide bonds. The lowest BCUT2D eigenvalue weighted by molar-refractivity contribution is 0.105. The number of nitrogens with two attached hydrogens (primary N) is 1. The quantitative estimate of drug-likeness (QED) is 0.810. The van der Waals surface area contributed by atoms with Crippen LogP contribution in [0.4, 0.5) is 5.69 Å². The van der Waals surface area contributed by atoms with Crippen LogP contribution < -0.4 is 10.5 Å². The molecule has 1 aromatic carbocycles. The van der Waals surface area contributed by atoms with Crippen LogP contribution in [-0.4, -0.2) is 6.10 Å². The molecular formula is C13H20ClNO. The van der Waals surface area contributed by atoms with Crippen LogP contribution >= 0.6 is 11.6 Å². The Kier molecular flexibility index (Phi) is 4.48. The standard InChI is InChI=1S/C13H20ClNO/c1-8(2)13(9(3)4)16-12-6-5-10(15)7-11(12)14/h5-9,13H,15H2,1-4H3. The first kappa shape index (κ1) is 13.2. The highest BCUT2D eigenvalue weighted by Crippen LogP contribution is 2.29. The number of rotatable bonds is 4. The van der Waals surface area contributed by atoms with E-state index in [4.69, 9.17) is 22.1 Å². The van der Waals surface area contributed by atoms with Gasteiger partial charge in [0.05, 0.1) is 5.02 Å². The number of halogens is 1. The fraction of sp³-hybridized carbons (Fsp3) is 0.538. The van der Waals surface area contributed by atoms with Gasteiger partial charge in [0.25, 0.3) is 0 Å². The smallest absolute Gasteiger partial charge is 0.138 e. The lowest BCUT2D eigenvalue weighted by Crippen LogP contribution is -2.29. The van der Waals surface area contributed by atoms with Gasteiger partial charge < -0.3 is 10.5 Å². The molecule has 0 spiro atoms. The monoisotopic (exact) mass is 241 g/mol. The molecule has 1 rings (SSSR count). The number of nitrogen functional groups attached to an aromatic ring is 1. The Morgan fingerprint density at radius 3 is 2.12 bits per heavy atom. The maximum atomic E-state index is 6.08. The highest BCUT2D eigenvalue weighted by Gasteiger charge is 2.20. The fourth-order valence-corrected chi connectivity index (χ4v) is 2.03. The van der Waals surface area contributed by atoms with Crippen LogP contribution in [-0.2, 0) is 0 Å². The highest BCUT2D eigenvalue weighted by atomic mass is 35.5. The molecule has 0 bridgehead atoms. The first-order valence-corrected chi connectivity index (χ1v) is 6.01. The predicted molar refractivity (Wildman–Crippen MR) is 70.0 cm³/mol. The van der Waals surface area contributed by atoms with Crippen molar-refractivity contribution < 1.29 is 4.74 Å².